The number of aromatic amines is 1. The molecule has 3 rings (SSSR count). The monoisotopic (exact) mass is 269 g/mol. The van der Waals surface area contributed by atoms with Crippen molar-refractivity contribution in [1.82, 2.24) is 15.2 Å². The Kier molecular flexibility index (Phi) is 2.83. The summed E-state index contributed by atoms with van der Waals surface area (Å²) in [5, 5.41) is 17.1. The summed E-state index contributed by atoms with van der Waals surface area (Å²) in [5.74, 6) is -0.295. The van der Waals surface area contributed by atoms with Crippen LogP contribution in [0.4, 0.5) is 0 Å². The number of nitrogens with one attached hydrogen (secondary N) is 1. The van der Waals surface area contributed by atoms with Crippen LogP contribution < -0.4 is 4.74 Å². The fourth-order valence-electron chi connectivity index (χ4n) is 1.96. The number of hydrogen-bond acceptors (Lipinski definition) is 4. The first-order chi connectivity index (χ1) is 9.65. The minimum Gasteiger partial charge on any atom is -0.478 e. The largest absolute Gasteiger partial charge is 0.478 e. The summed E-state index contributed by atoms with van der Waals surface area (Å²) in [4.78, 5) is 15.3. The molecule has 1 aromatic carbocycles. The molecule has 0 bridgehead atoms. The molecule has 2 aromatic heterocycles. The van der Waals surface area contributed by atoms with Crippen molar-refractivity contribution in [3.63, 3.8) is 0 Å². The standard InChI is InChI=1S/C14H11N3O3/c1-8-6-12(17-16-8)20-13-10-5-3-2-4-9(10)11(7-15-13)14(18)19/h2-7H,1H3,(H,16,17)(H,18,19). The highest BCUT2D eigenvalue weighted by molar-refractivity contribution is 6.04. The summed E-state index contributed by atoms with van der Waals surface area (Å²) in [6.07, 6.45) is 1.29. The molecule has 20 heavy (non-hydrogen) atoms. The van der Waals surface area contributed by atoms with Crippen LogP contribution in [0.15, 0.2) is 36.5 Å². The van der Waals surface area contributed by atoms with Crippen molar-refractivity contribution >= 4 is 16.7 Å². The third kappa shape index (κ3) is 2.07. The molecule has 0 fully saturated rings. The number of carboxylic acids is 1. The number of carbonyl (C=O) groups is 1. The van der Waals surface area contributed by atoms with E-state index in [4.69, 9.17) is 9.84 Å². The molecular formula is C14H11N3O3. The number of H-pyrrole nitrogens is 1. The van der Waals surface area contributed by atoms with Gasteiger partial charge in [-0.2, -0.15) is 0 Å². The van der Waals surface area contributed by atoms with Crippen molar-refractivity contribution in [2.24, 2.45) is 0 Å². The number of carboxylic acid groups (broad SMARTS) is 1. The minimum absolute atomic E-state index is 0.145. The Morgan fingerprint density at radius 2 is 2.05 bits per heavy atom. The Bertz CT molecular complexity index is 795. The fourth-order valence-corrected chi connectivity index (χ4v) is 1.96. The molecule has 6 heteroatoms. The number of rotatable bonds is 3. The topological polar surface area (TPSA) is 88.1 Å². The van der Waals surface area contributed by atoms with Crippen LogP contribution in [0.3, 0.4) is 0 Å². The van der Waals surface area contributed by atoms with Gasteiger partial charge in [0.1, 0.15) is 0 Å². The van der Waals surface area contributed by atoms with E-state index in [-0.39, 0.29) is 5.56 Å². The molecule has 0 radical (unpaired) electrons. The third-order valence-electron chi connectivity index (χ3n) is 2.87. The molecular weight excluding hydrogens is 258 g/mol. The van der Waals surface area contributed by atoms with E-state index in [1.54, 1.807) is 30.3 Å². The molecule has 0 aliphatic rings. The molecule has 0 atom stereocenters. The highest BCUT2D eigenvalue weighted by Crippen LogP contribution is 2.29. The van der Waals surface area contributed by atoms with Crippen LogP contribution in [0.25, 0.3) is 10.8 Å². The number of ether oxygens (including phenoxy) is 1. The molecule has 100 valence electrons. The predicted molar refractivity (Wildman–Crippen MR) is 72.1 cm³/mol. The molecule has 0 saturated heterocycles. The Morgan fingerprint density at radius 1 is 1.30 bits per heavy atom. The van der Waals surface area contributed by atoms with Gasteiger partial charge in [-0.15, -0.1) is 5.10 Å². The number of pyridine rings is 1. The van der Waals surface area contributed by atoms with Gasteiger partial charge in [0.2, 0.25) is 11.8 Å². The number of aryl methyl sites for hydroxylation is 1. The van der Waals surface area contributed by atoms with E-state index in [1.807, 2.05) is 6.92 Å². The molecule has 3 aromatic rings. The molecule has 0 aliphatic carbocycles. The first kappa shape index (κ1) is 12.2. The van der Waals surface area contributed by atoms with Crippen LogP contribution in [-0.2, 0) is 0 Å². The average molecular weight is 269 g/mol. The Balaban J connectivity index is 2.12. The lowest BCUT2D eigenvalue weighted by atomic mass is 10.1. The first-order valence-corrected chi connectivity index (χ1v) is 5.96. The maximum atomic E-state index is 11.2. The normalized spacial score (nSPS) is 10.7. The lowest BCUT2D eigenvalue weighted by molar-refractivity contribution is 0.0698. The van der Waals surface area contributed by atoms with E-state index in [0.717, 1.165) is 5.69 Å². The maximum absolute atomic E-state index is 11.2. The molecule has 0 unspecified atom stereocenters. The molecule has 0 spiro atoms. The summed E-state index contributed by atoms with van der Waals surface area (Å²) in [7, 11) is 0. The van der Waals surface area contributed by atoms with Crippen LogP contribution in [0.5, 0.6) is 11.8 Å². The zero-order chi connectivity index (χ0) is 14.1. The van der Waals surface area contributed by atoms with E-state index in [0.29, 0.717) is 22.5 Å². The molecule has 2 N–H and O–H groups in total. The number of benzene rings is 1. The van der Waals surface area contributed by atoms with Gasteiger partial charge in [-0.05, 0) is 13.0 Å². The maximum Gasteiger partial charge on any atom is 0.337 e. The zero-order valence-electron chi connectivity index (χ0n) is 10.6. The van der Waals surface area contributed by atoms with E-state index in [2.05, 4.69) is 15.2 Å². The van der Waals surface area contributed by atoms with Gasteiger partial charge in [-0.25, -0.2) is 9.78 Å². The second-order valence-electron chi connectivity index (χ2n) is 4.32. The van der Waals surface area contributed by atoms with Crippen LogP contribution >= 0.6 is 0 Å². The summed E-state index contributed by atoms with van der Waals surface area (Å²) < 4.78 is 5.60. The lowest BCUT2D eigenvalue weighted by Crippen LogP contribution is -2.00. The van der Waals surface area contributed by atoms with Gasteiger partial charge >= 0.3 is 5.97 Å². The number of hydrogen-bond donors (Lipinski definition) is 2. The van der Waals surface area contributed by atoms with Crippen molar-refractivity contribution in [1.29, 1.82) is 0 Å². The van der Waals surface area contributed by atoms with Crippen LogP contribution in [0, 0.1) is 6.92 Å². The van der Waals surface area contributed by atoms with Gasteiger partial charge in [0.25, 0.3) is 0 Å². The van der Waals surface area contributed by atoms with Gasteiger partial charge in [-0.3, -0.25) is 5.10 Å². The summed E-state index contributed by atoms with van der Waals surface area (Å²) in [6, 6.07) is 8.81. The van der Waals surface area contributed by atoms with Gasteiger partial charge in [0.05, 0.1) is 5.56 Å². The second kappa shape index (κ2) is 4.65. The van der Waals surface area contributed by atoms with Crippen LogP contribution in [0.2, 0.25) is 0 Å². The quantitative estimate of drug-likeness (QED) is 0.763. The SMILES string of the molecule is Cc1cc(Oc2ncc(C(=O)O)c3ccccc23)n[nH]1. The van der Waals surface area contributed by atoms with Crippen molar-refractivity contribution in [3.05, 3.63) is 47.8 Å². The molecule has 0 amide bonds. The second-order valence-corrected chi connectivity index (χ2v) is 4.32. The van der Waals surface area contributed by atoms with Gasteiger partial charge in [-0.1, -0.05) is 18.2 Å². The van der Waals surface area contributed by atoms with Crippen LogP contribution in [-0.4, -0.2) is 26.3 Å². The van der Waals surface area contributed by atoms with Crippen molar-refractivity contribution in [3.8, 4) is 11.8 Å². The number of fused-ring (bicyclic) bond motifs is 1. The molecule has 2 heterocycles. The lowest BCUT2D eigenvalue weighted by Gasteiger charge is -2.07. The van der Waals surface area contributed by atoms with Gasteiger partial charge in [0, 0.05) is 28.7 Å². The highest BCUT2D eigenvalue weighted by atomic mass is 16.5. The summed E-state index contributed by atoms with van der Waals surface area (Å²) in [6.45, 7) is 1.86. The zero-order valence-corrected chi connectivity index (χ0v) is 10.6. The van der Waals surface area contributed by atoms with Gasteiger partial charge in [0.15, 0.2) is 0 Å². The Morgan fingerprint density at radius 3 is 2.70 bits per heavy atom. The van der Waals surface area contributed by atoms with E-state index in [1.165, 1.54) is 6.20 Å². The van der Waals surface area contributed by atoms with Crippen molar-refractivity contribution in [2.75, 3.05) is 0 Å². The van der Waals surface area contributed by atoms with E-state index >= 15 is 0 Å². The minimum atomic E-state index is -1.02. The predicted octanol–water partition coefficient (Wildman–Crippen LogP) is 2.76. The smallest absolute Gasteiger partial charge is 0.337 e. The summed E-state index contributed by atoms with van der Waals surface area (Å²) >= 11 is 0. The Hall–Kier alpha value is -2.89. The van der Waals surface area contributed by atoms with Crippen molar-refractivity contribution < 1.29 is 14.6 Å². The average Bonchev–Trinajstić information content (AvgIpc) is 2.84. The molecule has 0 aliphatic heterocycles. The molecule has 6 nitrogen and oxygen atoms in total. The van der Waals surface area contributed by atoms with Crippen LogP contribution in [0.1, 0.15) is 16.1 Å². The number of aromatic carboxylic acids is 1. The van der Waals surface area contributed by atoms with E-state index in [9.17, 15) is 4.79 Å². The summed E-state index contributed by atoms with van der Waals surface area (Å²) in [5.41, 5.74) is 1.01. The first-order valence-electron chi connectivity index (χ1n) is 5.96. The third-order valence-corrected chi connectivity index (χ3v) is 2.87. The molecule has 0 saturated carbocycles. The Labute approximate surface area is 114 Å². The number of nitrogens with zero attached hydrogens (tertiary/aromatic N) is 2. The highest BCUT2D eigenvalue weighted by Gasteiger charge is 2.14. The van der Waals surface area contributed by atoms with Crippen molar-refractivity contribution in [2.45, 2.75) is 6.92 Å². The van der Waals surface area contributed by atoms with Gasteiger partial charge < -0.3 is 9.84 Å². The fraction of sp³-hybridized carbons (Fsp3) is 0.0714. The van der Waals surface area contributed by atoms with E-state index < -0.39 is 5.97 Å². The number of aromatic nitrogens is 3.